The fraction of sp³-hybridized carbons (Fsp3) is 0.316. The number of nitrogens with zero attached hydrogens (tertiary/aromatic N) is 4. The number of nitriles is 1. The summed E-state index contributed by atoms with van der Waals surface area (Å²) < 4.78 is 7.23. The van der Waals surface area contributed by atoms with Gasteiger partial charge in [-0.15, -0.1) is 0 Å². The number of nitrogens with one attached hydrogen (secondary N) is 1. The molecule has 2 heterocycles. The Kier molecular flexibility index (Phi) is 4.88. The van der Waals surface area contributed by atoms with E-state index in [1.807, 2.05) is 26.0 Å². The van der Waals surface area contributed by atoms with Crippen molar-refractivity contribution in [3.05, 3.63) is 34.6 Å². The van der Waals surface area contributed by atoms with Gasteiger partial charge in [0.05, 0.1) is 24.8 Å². The summed E-state index contributed by atoms with van der Waals surface area (Å²) in [5, 5.41) is 22.5. The topological polar surface area (TPSA) is 122 Å². The van der Waals surface area contributed by atoms with E-state index in [1.165, 1.54) is 0 Å². The molecule has 3 rings (SSSR count). The molecule has 0 unspecified atom stereocenters. The number of anilines is 2. The number of aliphatic hydroxyl groups is 1. The molecule has 140 valence electrons. The van der Waals surface area contributed by atoms with E-state index in [1.54, 1.807) is 18.6 Å². The van der Waals surface area contributed by atoms with Crippen molar-refractivity contribution in [2.75, 3.05) is 31.3 Å². The zero-order chi connectivity index (χ0) is 19.7. The summed E-state index contributed by atoms with van der Waals surface area (Å²) in [5.74, 6) is 2.02. The monoisotopic (exact) mass is 366 g/mol. The molecule has 0 amide bonds. The van der Waals surface area contributed by atoms with Gasteiger partial charge in [0, 0.05) is 12.1 Å². The largest absolute Gasteiger partial charge is 0.496 e. The van der Waals surface area contributed by atoms with Gasteiger partial charge in [0.2, 0.25) is 0 Å². The lowest BCUT2D eigenvalue weighted by atomic mass is 10.1. The Morgan fingerprint density at radius 2 is 2.04 bits per heavy atom. The molecule has 0 saturated heterocycles. The number of nitrogens with two attached hydrogens (primary N) is 1. The van der Waals surface area contributed by atoms with E-state index in [4.69, 9.17) is 15.6 Å². The van der Waals surface area contributed by atoms with Crippen LogP contribution in [-0.4, -0.2) is 39.9 Å². The van der Waals surface area contributed by atoms with E-state index in [9.17, 15) is 5.26 Å². The van der Waals surface area contributed by atoms with E-state index in [0.717, 1.165) is 22.6 Å². The number of fused-ring (bicyclic) bond motifs is 1. The fourth-order valence-corrected chi connectivity index (χ4v) is 3.33. The van der Waals surface area contributed by atoms with Crippen LogP contribution < -0.4 is 15.8 Å². The van der Waals surface area contributed by atoms with Crippen LogP contribution in [0.1, 0.15) is 22.5 Å². The molecule has 8 heteroatoms. The molecule has 8 nitrogen and oxygen atoms in total. The van der Waals surface area contributed by atoms with Crippen molar-refractivity contribution in [1.82, 2.24) is 14.5 Å². The normalized spacial score (nSPS) is 10.8. The van der Waals surface area contributed by atoms with Crippen LogP contribution in [0.4, 0.5) is 11.6 Å². The number of aryl methyl sites for hydroxylation is 2. The molecule has 0 atom stereocenters. The zero-order valence-electron chi connectivity index (χ0n) is 15.8. The third kappa shape index (κ3) is 2.92. The molecule has 0 fully saturated rings. The number of aromatic nitrogens is 3. The van der Waals surface area contributed by atoms with Crippen molar-refractivity contribution < 1.29 is 9.84 Å². The number of methoxy groups -OCH3 is 1. The van der Waals surface area contributed by atoms with Crippen LogP contribution in [0.25, 0.3) is 16.7 Å². The lowest BCUT2D eigenvalue weighted by Gasteiger charge is -2.17. The minimum absolute atomic E-state index is 0.0588. The summed E-state index contributed by atoms with van der Waals surface area (Å²) in [4.78, 5) is 8.96. The maximum absolute atomic E-state index is 9.73. The second-order valence-corrected chi connectivity index (χ2v) is 6.23. The number of benzene rings is 1. The van der Waals surface area contributed by atoms with Gasteiger partial charge in [-0.25, -0.2) is 9.97 Å². The first-order valence-corrected chi connectivity index (χ1v) is 8.52. The fourth-order valence-electron chi connectivity index (χ4n) is 3.33. The predicted molar refractivity (Wildman–Crippen MR) is 104 cm³/mol. The second kappa shape index (κ2) is 7.13. The number of ether oxygens (including phenoxy) is 1. The lowest BCUT2D eigenvalue weighted by Crippen LogP contribution is -2.10. The standard InChI is InChI=1S/C19H22N6O2/c1-10-5-6-14(27-4)11(2)16(10)25-17(21)13(9-20)15-18(22-7-8-26)23-12(3)24-19(15)25/h5-6,26H,7-8,21H2,1-4H3,(H,22,23,24). The highest BCUT2D eigenvalue weighted by Crippen LogP contribution is 2.37. The van der Waals surface area contributed by atoms with Crippen LogP contribution >= 0.6 is 0 Å². The van der Waals surface area contributed by atoms with Crippen LogP contribution in [0.3, 0.4) is 0 Å². The molecule has 4 N–H and O–H groups in total. The van der Waals surface area contributed by atoms with Gasteiger partial charge >= 0.3 is 0 Å². The first-order chi connectivity index (χ1) is 12.9. The van der Waals surface area contributed by atoms with E-state index in [0.29, 0.717) is 40.6 Å². The zero-order valence-corrected chi connectivity index (χ0v) is 15.8. The molecule has 3 aromatic rings. The molecule has 0 aliphatic heterocycles. The van der Waals surface area contributed by atoms with E-state index in [-0.39, 0.29) is 6.61 Å². The summed E-state index contributed by atoms with van der Waals surface area (Å²) in [6.45, 7) is 5.93. The number of nitrogen functional groups attached to an aromatic ring is 1. The average molecular weight is 366 g/mol. The number of rotatable bonds is 5. The summed E-state index contributed by atoms with van der Waals surface area (Å²) in [7, 11) is 1.61. The predicted octanol–water partition coefficient (Wildman–Crippen LogP) is 2.21. The van der Waals surface area contributed by atoms with Gasteiger partial charge < -0.3 is 20.9 Å². The van der Waals surface area contributed by atoms with E-state index in [2.05, 4.69) is 21.4 Å². The molecule has 0 saturated carbocycles. The molecule has 1 aromatic carbocycles. The van der Waals surface area contributed by atoms with Crippen molar-refractivity contribution in [2.24, 2.45) is 0 Å². The minimum atomic E-state index is -0.0588. The van der Waals surface area contributed by atoms with Crippen LogP contribution in [0.15, 0.2) is 12.1 Å². The maximum Gasteiger partial charge on any atom is 0.153 e. The first-order valence-electron chi connectivity index (χ1n) is 8.52. The van der Waals surface area contributed by atoms with Crippen molar-refractivity contribution in [3.63, 3.8) is 0 Å². The Bertz CT molecular complexity index is 1060. The second-order valence-electron chi connectivity index (χ2n) is 6.23. The summed E-state index contributed by atoms with van der Waals surface area (Å²) in [6.07, 6.45) is 0. The Balaban J connectivity index is 2.45. The van der Waals surface area contributed by atoms with E-state index >= 15 is 0 Å². The molecule has 0 aliphatic carbocycles. The van der Waals surface area contributed by atoms with Crippen molar-refractivity contribution >= 4 is 22.7 Å². The lowest BCUT2D eigenvalue weighted by molar-refractivity contribution is 0.311. The van der Waals surface area contributed by atoms with E-state index < -0.39 is 0 Å². The van der Waals surface area contributed by atoms with Gasteiger partial charge in [0.25, 0.3) is 0 Å². The van der Waals surface area contributed by atoms with Crippen LogP contribution in [-0.2, 0) is 0 Å². The van der Waals surface area contributed by atoms with Gasteiger partial charge in [-0.3, -0.25) is 4.57 Å². The van der Waals surface area contributed by atoms with Gasteiger partial charge in [-0.05, 0) is 32.4 Å². The molecular weight excluding hydrogens is 344 g/mol. The first kappa shape index (κ1) is 18.5. The number of aliphatic hydroxyl groups excluding tert-OH is 1. The van der Waals surface area contributed by atoms with Crippen molar-refractivity contribution in [1.29, 1.82) is 5.26 Å². The Morgan fingerprint density at radius 3 is 2.67 bits per heavy atom. The van der Waals surface area contributed by atoms with Crippen LogP contribution in [0.5, 0.6) is 5.75 Å². The molecule has 0 aliphatic rings. The molecule has 0 spiro atoms. The highest BCUT2D eigenvalue weighted by molar-refractivity contribution is 5.99. The molecule has 2 aromatic heterocycles. The Labute approximate surface area is 157 Å². The van der Waals surface area contributed by atoms with Gasteiger partial charge in [-0.1, -0.05) is 6.07 Å². The number of hydrogen-bond acceptors (Lipinski definition) is 7. The molecule has 0 bridgehead atoms. The van der Waals surface area contributed by atoms with Gasteiger partial charge in [0.15, 0.2) is 5.65 Å². The summed E-state index contributed by atoms with van der Waals surface area (Å²) >= 11 is 0. The third-order valence-electron chi connectivity index (χ3n) is 4.50. The van der Waals surface area contributed by atoms with Crippen LogP contribution in [0.2, 0.25) is 0 Å². The molecule has 0 radical (unpaired) electrons. The average Bonchev–Trinajstić information content (AvgIpc) is 2.91. The molecule has 27 heavy (non-hydrogen) atoms. The SMILES string of the molecule is COc1ccc(C)c(-n2c(N)c(C#N)c3c(NCCO)nc(C)nc32)c1C. The number of hydrogen-bond donors (Lipinski definition) is 3. The highest BCUT2D eigenvalue weighted by Gasteiger charge is 2.24. The van der Waals surface area contributed by atoms with Crippen molar-refractivity contribution in [3.8, 4) is 17.5 Å². The summed E-state index contributed by atoms with van der Waals surface area (Å²) in [6, 6.07) is 6.01. The van der Waals surface area contributed by atoms with Gasteiger partial charge in [-0.2, -0.15) is 5.26 Å². The minimum Gasteiger partial charge on any atom is -0.496 e. The smallest absolute Gasteiger partial charge is 0.153 e. The Morgan fingerprint density at radius 1 is 1.30 bits per heavy atom. The highest BCUT2D eigenvalue weighted by atomic mass is 16.5. The maximum atomic E-state index is 9.73. The van der Waals surface area contributed by atoms with Gasteiger partial charge in [0.1, 0.15) is 34.8 Å². The van der Waals surface area contributed by atoms with Crippen molar-refractivity contribution in [2.45, 2.75) is 20.8 Å². The Hall–Kier alpha value is -3.31. The summed E-state index contributed by atoms with van der Waals surface area (Å²) in [5.41, 5.74) is 9.92. The third-order valence-corrected chi connectivity index (χ3v) is 4.50. The van der Waals surface area contributed by atoms with Crippen LogP contribution in [0, 0.1) is 32.1 Å². The quantitative estimate of drug-likeness (QED) is 0.633. The molecular formula is C19H22N6O2.